The molecule has 6 heteroatoms. The van der Waals surface area contributed by atoms with Crippen molar-refractivity contribution < 1.29 is 4.42 Å². The Morgan fingerprint density at radius 3 is 1.20 bits per heavy atom. The Labute approximate surface area is 317 Å². The molecule has 10 rings (SSSR count). The van der Waals surface area contributed by atoms with Crippen LogP contribution < -0.4 is 0 Å². The smallest absolute Gasteiger partial charge is 0.164 e. The van der Waals surface area contributed by atoms with Crippen LogP contribution >= 0.6 is 0 Å². The second kappa shape index (κ2) is 13.8. The number of nitrogens with zero attached hydrogens (tertiary/aromatic N) is 5. The maximum Gasteiger partial charge on any atom is 0.164 e. The van der Waals surface area contributed by atoms with Gasteiger partial charge in [0.15, 0.2) is 23.3 Å². The summed E-state index contributed by atoms with van der Waals surface area (Å²) in [6, 6.07) is 63.3. The highest BCUT2D eigenvalue weighted by Gasteiger charge is 2.19. The molecule has 0 saturated heterocycles. The number of hydrogen-bond donors (Lipinski definition) is 0. The zero-order valence-electron chi connectivity index (χ0n) is 29.5. The van der Waals surface area contributed by atoms with E-state index in [2.05, 4.69) is 72.8 Å². The van der Waals surface area contributed by atoms with Crippen LogP contribution in [0.3, 0.4) is 0 Å². The minimum absolute atomic E-state index is 0.596. The highest BCUT2D eigenvalue weighted by Crippen LogP contribution is 2.40. The van der Waals surface area contributed by atoms with Crippen molar-refractivity contribution in [2.24, 2.45) is 0 Å². The predicted octanol–water partition coefficient (Wildman–Crippen LogP) is 12.2. The highest BCUT2D eigenvalue weighted by atomic mass is 16.3. The van der Waals surface area contributed by atoms with E-state index in [0.29, 0.717) is 23.3 Å². The lowest BCUT2D eigenvalue weighted by atomic mass is 10.00. The van der Waals surface area contributed by atoms with Crippen LogP contribution in [0.1, 0.15) is 0 Å². The predicted molar refractivity (Wildman–Crippen MR) is 221 cm³/mol. The lowest BCUT2D eigenvalue weighted by Crippen LogP contribution is -2.00. The van der Waals surface area contributed by atoms with Crippen molar-refractivity contribution in [2.75, 3.05) is 0 Å². The van der Waals surface area contributed by atoms with Gasteiger partial charge < -0.3 is 4.42 Å². The summed E-state index contributed by atoms with van der Waals surface area (Å²) in [5, 5.41) is 2.01. The van der Waals surface area contributed by atoms with Crippen LogP contribution in [0.4, 0.5) is 0 Å². The van der Waals surface area contributed by atoms with Gasteiger partial charge in [-0.15, -0.1) is 0 Å². The van der Waals surface area contributed by atoms with E-state index < -0.39 is 0 Å². The van der Waals surface area contributed by atoms with Gasteiger partial charge >= 0.3 is 0 Å². The molecule has 0 saturated carbocycles. The third-order valence-electron chi connectivity index (χ3n) is 9.76. The van der Waals surface area contributed by atoms with Crippen molar-refractivity contribution in [3.05, 3.63) is 188 Å². The summed E-state index contributed by atoms with van der Waals surface area (Å²) in [6.07, 6.45) is 0. The summed E-state index contributed by atoms with van der Waals surface area (Å²) in [5.74, 6) is 2.44. The SMILES string of the molecule is c1ccc(-c2cc(-c3ccccc3)nc(-c3cccc4c3oc3c(-c5cccc(-c6nc(-c7ccccc7)nc(-c7ccccc7)n6)c5)cccc34)n2)cc1. The van der Waals surface area contributed by atoms with Crippen LogP contribution in [-0.4, -0.2) is 24.9 Å². The fraction of sp³-hybridized carbons (Fsp3) is 0. The number of fused-ring (bicyclic) bond motifs is 3. The molecule has 0 aliphatic rings. The van der Waals surface area contributed by atoms with Gasteiger partial charge in [0, 0.05) is 44.2 Å². The van der Waals surface area contributed by atoms with E-state index >= 15 is 0 Å². The average molecular weight is 706 g/mol. The normalized spacial score (nSPS) is 11.3. The van der Waals surface area contributed by atoms with Gasteiger partial charge in [-0.3, -0.25) is 0 Å². The van der Waals surface area contributed by atoms with E-state index in [1.807, 2.05) is 115 Å². The van der Waals surface area contributed by atoms with Crippen molar-refractivity contribution in [3.63, 3.8) is 0 Å². The second-order valence-corrected chi connectivity index (χ2v) is 13.3. The van der Waals surface area contributed by atoms with Gasteiger partial charge in [-0.25, -0.2) is 24.9 Å². The molecule has 0 spiro atoms. The maximum atomic E-state index is 6.89. The van der Waals surface area contributed by atoms with E-state index in [1.165, 1.54) is 0 Å². The molecule has 0 aliphatic carbocycles. The van der Waals surface area contributed by atoms with Crippen molar-refractivity contribution in [1.29, 1.82) is 0 Å². The Balaban J connectivity index is 1.11. The number of para-hydroxylation sites is 2. The summed E-state index contributed by atoms with van der Waals surface area (Å²) in [6.45, 7) is 0. The molecule has 258 valence electrons. The van der Waals surface area contributed by atoms with Crippen molar-refractivity contribution in [1.82, 2.24) is 24.9 Å². The van der Waals surface area contributed by atoms with Gasteiger partial charge in [-0.2, -0.15) is 0 Å². The number of rotatable bonds is 7. The molecule has 55 heavy (non-hydrogen) atoms. The van der Waals surface area contributed by atoms with Crippen LogP contribution in [0.2, 0.25) is 0 Å². The van der Waals surface area contributed by atoms with Gasteiger partial charge in [0.1, 0.15) is 11.2 Å². The van der Waals surface area contributed by atoms with Crippen LogP contribution in [0, 0.1) is 0 Å². The van der Waals surface area contributed by atoms with Gasteiger partial charge in [0.05, 0.1) is 17.0 Å². The van der Waals surface area contributed by atoms with Gasteiger partial charge in [-0.05, 0) is 23.8 Å². The number of furan rings is 1. The number of aromatic nitrogens is 5. The summed E-state index contributed by atoms with van der Waals surface area (Å²) >= 11 is 0. The first-order valence-electron chi connectivity index (χ1n) is 18.2. The van der Waals surface area contributed by atoms with Crippen LogP contribution in [-0.2, 0) is 0 Å². The summed E-state index contributed by atoms with van der Waals surface area (Å²) < 4.78 is 6.89. The molecular weight excluding hydrogens is 675 g/mol. The Bertz CT molecular complexity index is 2850. The molecular formula is C49H31N5O. The molecule has 0 fully saturated rings. The quantitative estimate of drug-likeness (QED) is 0.164. The summed E-state index contributed by atoms with van der Waals surface area (Å²) in [7, 11) is 0. The third-order valence-corrected chi connectivity index (χ3v) is 9.76. The van der Waals surface area contributed by atoms with Gasteiger partial charge in [0.2, 0.25) is 0 Å². The van der Waals surface area contributed by atoms with E-state index in [1.54, 1.807) is 0 Å². The largest absolute Gasteiger partial charge is 0.455 e. The molecule has 3 heterocycles. The molecule has 7 aromatic carbocycles. The zero-order chi connectivity index (χ0) is 36.6. The summed E-state index contributed by atoms with van der Waals surface area (Å²) in [4.78, 5) is 25.1. The standard InChI is InChI=1S/C49H31N5O/c1-5-16-32(17-6-1)42-31-43(33-18-7-2-8-19-33)51-49(50-42)41-29-15-28-40-39-27-14-26-38(44(39)55-45(40)41)36-24-13-25-37(30-36)48-53-46(34-20-9-3-10-21-34)52-47(54-48)35-22-11-4-12-23-35/h1-31H. The lowest BCUT2D eigenvalue weighted by molar-refractivity contribution is 0.670. The molecule has 6 nitrogen and oxygen atoms in total. The van der Waals surface area contributed by atoms with E-state index in [0.717, 1.165) is 77.8 Å². The minimum atomic E-state index is 0.596. The fourth-order valence-corrected chi connectivity index (χ4v) is 7.07. The first-order chi connectivity index (χ1) is 27.2. The van der Waals surface area contributed by atoms with Crippen molar-refractivity contribution in [3.8, 4) is 79.2 Å². The fourth-order valence-electron chi connectivity index (χ4n) is 7.07. The first kappa shape index (κ1) is 32.1. The molecule has 0 N–H and O–H groups in total. The van der Waals surface area contributed by atoms with Gasteiger partial charge in [0.25, 0.3) is 0 Å². The monoisotopic (exact) mass is 705 g/mol. The Kier molecular flexibility index (Phi) is 8.04. The molecule has 0 aliphatic heterocycles. The Hall–Kier alpha value is -7.57. The van der Waals surface area contributed by atoms with E-state index in [9.17, 15) is 0 Å². The zero-order valence-corrected chi connectivity index (χ0v) is 29.5. The molecule has 0 radical (unpaired) electrons. The highest BCUT2D eigenvalue weighted by molar-refractivity contribution is 6.12. The Morgan fingerprint density at radius 2 is 0.673 bits per heavy atom. The molecule has 0 unspecified atom stereocenters. The maximum absolute atomic E-state index is 6.89. The topological polar surface area (TPSA) is 77.6 Å². The van der Waals surface area contributed by atoms with Crippen LogP contribution in [0.25, 0.3) is 101 Å². The molecule has 0 bridgehead atoms. The number of hydrogen-bond acceptors (Lipinski definition) is 6. The summed E-state index contributed by atoms with van der Waals surface area (Å²) in [5.41, 5.74) is 10.8. The number of benzene rings is 7. The third kappa shape index (κ3) is 6.11. The minimum Gasteiger partial charge on any atom is -0.455 e. The van der Waals surface area contributed by atoms with E-state index in [4.69, 9.17) is 29.3 Å². The van der Waals surface area contributed by atoms with E-state index in [-0.39, 0.29) is 0 Å². The molecule has 3 aromatic heterocycles. The van der Waals surface area contributed by atoms with Crippen molar-refractivity contribution >= 4 is 21.9 Å². The lowest BCUT2D eigenvalue weighted by Gasteiger charge is -2.10. The molecule has 0 amide bonds. The first-order valence-corrected chi connectivity index (χ1v) is 18.2. The second-order valence-electron chi connectivity index (χ2n) is 13.3. The van der Waals surface area contributed by atoms with Gasteiger partial charge in [-0.1, -0.05) is 170 Å². The van der Waals surface area contributed by atoms with Crippen LogP contribution in [0.15, 0.2) is 192 Å². The molecule has 0 atom stereocenters. The van der Waals surface area contributed by atoms with Crippen molar-refractivity contribution in [2.45, 2.75) is 0 Å². The van der Waals surface area contributed by atoms with Crippen LogP contribution in [0.5, 0.6) is 0 Å². The molecule has 10 aromatic rings. The Morgan fingerprint density at radius 1 is 0.273 bits per heavy atom. The average Bonchev–Trinajstić information content (AvgIpc) is 3.67.